The molecule has 82 valence electrons. The lowest BCUT2D eigenvalue weighted by atomic mass is 10.1. The summed E-state index contributed by atoms with van der Waals surface area (Å²) in [6.07, 6.45) is 3.65. The van der Waals surface area contributed by atoms with Crippen LogP contribution in [0, 0.1) is 0 Å². The van der Waals surface area contributed by atoms with E-state index in [2.05, 4.69) is 33.4 Å². The summed E-state index contributed by atoms with van der Waals surface area (Å²) in [5.74, 6) is 1.48. The number of hydrogen-bond acceptors (Lipinski definition) is 3. The number of aryl methyl sites for hydroxylation is 2. The fourth-order valence-electron chi connectivity index (χ4n) is 2.23. The second kappa shape index (κ2) is 3.72. The summed E-state index contributed by atoms with van der Waals surface area (Å²) in [6.45, 7) is 0.401. The lowest BCUT2D eigenvalue weighted by Gasteiger charge is -2.00. The summed E-state index contributed by atoms with van der Waals surface area (Å²) in [5, 5.41) is 7.00. The van der Waals surface area contributed by atoms with Gasteiger partial charge in [0.1, 0.15) is 5.82 Å². The number of nitrogens with two attached hydrogens (primary N) is 1. The normalized spacial score (nSPS) is 14.1. The quantitative estimate of drug-likeness (QED) is 0.794. The van der Waals surface area contributed by atoms with Gasteiger partial charge in [0.15, 0.2) is 5.82 Å². The van der Waals surface area contributed by atoms with Crippen molar-refractivity contribution in [2.75, 3.05) is 0 Å². The van der Waals surface area contributed by atoms with Crippen LogP contribution in [0.5, 0.6) is 0 Å². The van der Waals surface area contributed by atoms with Crippen molar-refractivity contribution in [2.45, 2.75) is 25.8 Å². The summed E-state index contributed by atoms with van der Waals surface area (Å²) in [6, 6.07) is 6.48. The fraction of sp³-hybridized carbons (Fsp3) is 0.333. The Labute approximate surface area is 93.9 Å². The molecular formula is C12H14N4. The summed E-state index contributed by atoms with van der Waals surface area (Å²) in [5.41, 5.74) is 9.49. The van der Waals surface area contributed by atoms with Crippen LogP contribution in [0.15, 0.2) is 18.2 Å². The highest BCUT2D eigenvalue weighted by Crippen LogP contribution is 2.26. The second-order valence-corrected chi connectivity index (χ2v) is 4.15. The van der Waals surface area contributed by atoms with Crippen LogP contribution in [0.1, 0.15) is 23.4 Å². The van der Waals surface area contributed by atoms with E-state index in [4.69, 9.17) is 5.73 Å². The molecule has 1 aliphatic rings. The number of benzene rings is 1. The van der Waals surface area contributed by atoms with E-state index in [0.29, 0.717) is 6.54 Å². The van der Waals surface area contributed by atoms with Crippen LogP contribution in [-0.2, 0) is 19.4 Å². The smallest absolute Gasteiger partial charge is 0.181 e. The second-order valence-electron chi connectivity index (χ2n) is 4.15. The number of fused-ring (bicyclic) bond motifs is 1. The number of aromatic amines is 1. The molecule has 0 atom stereocenters. The van der Waals surface area contributed by atoms with Crippen LogP contribution in [-0.4, -0.2) is 15.2 Å². The van der Waals surface area contributed by atoms with Crippen molar-refractivity contribution >= 4 is 0 Å². The first-order chi connectivity index (χ1) is 7.86. The predicted octanol–water partition coefficient (Wildman–Crippen LogP) is 1.42. The molecule has 1 aromatic heterocycles. The Hall–Kier alpha value is -1.68. The molecule has 3 N–H and O–H groups in total. The van der Waals surface area contributed by atoms with Gasteiger partial charge in [0.05, 0.1) is 6.54 Å². The largest absolute Gasteiger partial charge is 0.324 e. The maximum Gasteiger partial charge on any atom is 0.181 e. The third-order valence-corrected chi connectivity index (χ3v) is 3.08. The van der Waals surface area contributed by atoms with E-state index >= 15 is 0 Å². The van der Waals surface area contributed by atoms with Gasteiger partial charge in [-0.1, -0.05) is 12.1 Å². The zero-order chi connectivity index (χ0) is 11.0. The molecule has 1 heterocycles. The van der Waals surface area contributed by atoms with E-state index in [0.717, 1.165) is 17.2 Å². The van der Waals surface area contributed by atoms with Gasteiger partial charge in [-0.2, -0.15) is 5.10 Å². The summed E-state index contributed by atoms with van der Waals surface area (Å²) in [7, 11) is 0. The summed E-state index contributed by atoms with van der Waals surface area (Å²) in [4.78, 5) is 4.33. The highest BCUT2D eigenvalue weighted by Gasteiger charge is 2.13. The van der Waals surface area contributed by atoms with Gasteiger partial charge in [0, 0.05) is 5.56 Å². The molecule has 0 saturated heterocycles. The Morgan fingerprint density at radius 3 is 2.94 bits per heavy atom. The Balaban J connectivity index is 2.00. The number of aromatic nitrogens is 3. The molecule has 3 rings (SSSR count). The molecule has 2 aromatic rings. The lowest BCUT2D eigenvalue weighted by molar-refractivity contribution is 0.912. The lowest BCUT2D eigenvalue weighted by Crippen LogP contribution is -1.97. The molecule has 1 aromatic carbocycles. The maximum atomic E-state index is 5.50. The highest BCUT2D eigenvalue weighted by atomic mass is 15.2. The molecule has 0 bridgehead atoms. The predicted molar refractivity (Wildman–Crippen MR) is 61.7 cm³/mol. The molecule has 0 amide bonds. The van der Waals surface area contributed by atoms with Crippen molar-refractivity contribution in [3.8, 4) is 11.4 Å². The Morgan fingerprint density at radius 2 is 2.12 bits per heavy atom. The molecule has 0 fully saturated rings. The standard InChI is InChI=1S/C12H14N4/c13-7-11-14-12(16-15-11)10-5-4-8-2-1-3-9(8)6-10/h4-6H,1-3,7,13H2,(H,14,15,16). The van der Waals surface area contributed by atoms with E-state index in [1.54, 1.807) is 0 Å². The average molecular weight is 214 g/mol. The number of hydrogen-bond donors (Lipinski definition) is 2. The zero-order valence-corrected chi connectivity index (χ0v) is 9.03. The SMILES string of the molecule is NCc1nc(-c2ccc3c(c2)CCC3)n[nH]1. The summed E-state index contributed by atoms with van der Waals surface area (Å²) >= 11 is 0. The van der Waals surface area contributed by atoms with Crippen LogP contribution in [0.4, 0.5) is 0 Å². The van der Waals surface area contributed by atoms with Crippen molar-refractivity contribution in [3.05, 3.63) is 35.2 Å². The van der Waals surface area contributed by atoms with Crippen molar-refractivity contribution < 1.29 is 0 Å². The van der Waals surface area contributed by atoms with E-state index < -0.39 is 0 Å². The van der Waals surface area contributed by atoms with Crippen molar-refractivity contribution in [2.24, 2.45) is 5.73 Å². The third kappa shape index (κ3) is 1.51. The van der Waals surface area contributed by atoms with E-state index in [-0.39, 0.29) is 0 Å². The van der Waals surface area contributed by atoms with E-state index in [9.17, 15) is 0 Å². The fourth-order valence-corrected chi connectivity index (χ4v) is 2.23. The molecule has 4 heteroatoms. The molecular weight excluding hydrogens is 200 g/mol. The molecule has 0 spiro atoms. The minimum absolute atomic E-state index is 0.401. The van der Waals surface area contributed by atoms with Gasteiger partial charge in [-0.05, 0) is 36.5 Å². The van der Waals surface area contributed by atoms with Gasteiger partial charge in [0.2, 0.25) is 0 Å². The van der Waals surface area contributed by atoms with Crippen molar-refractivity contribution in [3.63, 3.8) is 0 Å². The minimum Gasteiger partial charge on any atom is -0.324 e. The van der Waals surface area contributed by atoms with E-state index in [1.165, 1.54) is 30.4 Å². The Morgan fingerprint density at radius 1 is 1.25 bits per heavy atom. The third-order valence-electron chi connectivity index (χ3n) is 3.08. The van der Waals surface area contributed by atoms with Gasteiger partial charge in [0.25, 0.3) is 0 Å². The highest BCUT2D eigenvalue weighted by molar-refractivity contribution is 5.57. The first kappa shape index (κ1) is 9.54. The van der Waals surface area contributed by atoms with Crippen LogP contribution in [0.25, 0.3) is 11.4 Å². The number of H-pyrrole nitrogens is 1. The molecule has 0 aliphatic heterocycles. The first-order valence-electron chi connectivity index (χ1n) is 5.60. The molecule has 4 nitrogen and oxygen atoms in total. The summed E-state index contributed by atoms with van der Waals surface area (Å²) < 4.78 is 0. The Kier molecular flexibility index (Phi) is 2.22. The Bertz CT molecular complexity index is 515. The van der Waals surface area contributed by atoms with Gasteiger partial charge in [-0.3, -0.25) is 5.10 Å². The average Bonchev–Trinajstić information content (AvgIpc) is 2.96. The first-order valence-corrected chi connectivity index (χ1v) is 5.60. The van der Waals surface area contributed by atoms with Gasteiger partial charge >= 0.3 is 0 Å². The van der Waals surface area contributed by atoms with Gasteiger partial charge < -0.3 is 5.73 Å². The number of nitrogens with zero attached hydrogens (tertiary/aromatic N) is 2. The zero-order valence-electron chi connectivity index (χ0n) is 9.03. The number of nitrogens with one attached hydrogen (secondary N) is 1. The maximum absolute atomic E-state index is 5.50. The van der Waals surface area contributed by atoms with Crippen LogP contribution in [0.3, 0.4) is 0 Å². The van der Waals surface area contributed by atoms with Gasteiger partial charge in [-0.25, -0.2) is 4.98 Å². The monoisotopic (exact) mass is 214 g/mol. The molecule has 0 saturated carbocycles. The molecule has 0 unspecified atom stereocenters. The van der Waals surface area contributed by atoms with Crippen molar-refractivity contribution in [1.82, 2.24) is 15.2 Å². The molecule has 1 aliphatic carbocycles. The molecule has 16 heavy (non-hydrogen) atoms. The number of rotatable bonds is 2. The van der Waals surface area contributed by atoms with Crippen LogP contribution < -0.4 is 5.73 Å². The van der Waals surface area contributed by atoms with Crippen LogP contribution >= 0.6 is 0 Å². The minimum atomic E-state index is 0.401. The van der Waals surface area contributed by atoms with Gasteiger partial charge in [-0.15, -0.1) is 0 Å². The van der Waals surface area contributed by atoms with Crippen LogP contribution in [0.2, 0.25) is 0 Å². The van der Waals surface area contributed by atoms with Crippen molar-refractivity contribution in [1.29, 1.82) is 0 Å². The topological polar surface area (TPSA) is 67.6 Å². The van der Waals surface area contributed by atoms with E-state index in [1.807, 2.05) is 0 Å². The molecule has 0 radical (unpaired) electrons.